The van der Waals surface area contributed by atoms with Crippen LogP contribution in [-0.4, -0.2) is 33.5 Å². The Labute approximate surface area is 114 Å². The summed E-state index contributed by atoms with van der Waals surface area (Å²) in [6.07, 6.45) is 2.03. The Morgan fingerprint density at radius 3 is 2.55 bits per heavy atom. The maximum atomic E-state index is 11.5. The van der Waals surface area contributed by atoms with E-state index in [4.69, 9.17) is 5.11 Å². The number of hydrogen-bond acceptors (Lipinski definition) is 4. The largest absolute Gasteiger partial charge is 0.481 e. The standard InChI is InChI=1S/C12H17N3O5/c16-9(13-5-3-1-2-4-11(18)19)6-8-7-10(17)15-12(20)14-8/h7H,1-6H2,(H,13,16)(H,18,19)(H2,14,15,17,20). The second-order valence-corrected chi connectivity index (χ2v) is 4.34. The molecular weight excluding hydrogens is 266 g/mol. The molecule has 8 heteroatoms. The minimum atomic E-state index is -0.827. The van der Waals surface area contributed by atoms with Crippen molar-refractivity contribution >= 4 is 11.9 Å². The summed E-state index contributed by atoms with van der Waals surface area (Å²) in [5.74, 6) is -1.13. The molecule has 8 nitrogen and oxygen atoms in total. The first-order chi connectivity index (χ1) is 9.47. The Morgan fingerprint density at radius 2 is 1.90 bits per heavy atom. The average Bonchev–Trinajstić information content (AvgIpc) is 2.31. The predicted octanol–water partition coefficient (Wildman–Crippen LogP) is -0.633. The van der Waals surface area contributed by atoms with Crippen molar-refractivity contribution < 1.29 is 14.7 Å². The van der Waals surface area contributed by atoms with Crippen molar-refractivity contribution in [3.63, 3.8) is 0 Å². The normalized spacial score (nSPS) is 10.2. The van der Waals surface area contributed by atoms with Gasteiger partial charge in [0.2, 0.25) is 5.91 Å². The van der Waals surface area contributed by atoms with Gasteiger partial charge in [-0.2, -0.15) is 0 Å². The highest BCUT2D eigenvalue weighted by Crippen LogP contribution is 1.98. The predicted molar refractivity (Wildman–Crippen MR) is 70.5 cm³/mol. The maximum Gasteiger partial charge on any atom is 0.325 e. The minimum Gasteiger partial charge on any atom is -0.481 e. The summed E-state index contributed by atoms with van der Waals surface area (Å²) in [5.41, 5.74) is -0.943. The molecule has 20 heavy (non-hydrogen) atoms. The zero-order valence-corrected chi connectivity index (χ0v) is 10.9. The molecule has 1 heterocycles. The lowest BCUT2D eigenvalue weighted by Gasteiger charge is -2.04. The summed E-state index contributed by atoms with van der Waals surface area (Å²) in [7, 11) is 0. The first kappa shape index (κ1) is 15.7. The SMILES string of the molecule is O=C(O)CCCCCNC(=O)Cc1cc(=O)[nH]c(=O)[nH]1. The number of amides is 1. The van der Waals surface area contributed by atoms with Crippen molar-refractivity contribution in [3.05, 3.63) is 32.6 Å². The monoisotopic (exact) mass is 283 g/mol. The fourth-order valence-electron chi connectivity index (χ4n) is 1.66. The van der Waals surface area contributed by atoms with Crippen LogP contribution in [0.1, 0.15) is 31.4 Å². The summed E-state index contributed by atoms with van der Waals surface area (Å²) in [6.45, 7) is 0.436. The molecule has 1 rings (SSSR count). The topological polar surface area (TPSA) is 132 Å². The van der Waals surface area contributed by atoms with Crippen LogP contribution >= 0.6 is 0 Å². The van der Waals surface area contributed by atoms with E-state index in [0.29, 0.717) is 25.8 Å². The van der Waals surface area contributed by atoms with Gasteiger partial charge >= 0.3 is 11.7 Å². The first-order valence-corrected chi connectivity index (χ1v) is 6.28. The minimum absolute atomic E-state index is 0.0751. The summed E-state index contributed by atoms with van der Waals surface area (Å²) in [6, 6.07) is 1.16. The van der Waals surface area contributed by atoms with Crippen molar-refractivity contribution in [1.82, 2.24) is 15.3 Å². The molecule has 0 bridgehead atoms. The second-order valence-electron chi connectivity index (χ2n) is 4.34. The summed E-state index contributed by atoms with van der Waals surface area (Å²) < 4.78 is 0. The lowest BCUT2D eigenvalue weighted by atomic mass is 10.2. The van der Waals surface area contributed by atoms with Gasteiger partial charge in [0.15, 0.2) is 0 Å². The van der Waals surface area contributed by atoms with Crippen molar-refractivity contribution in [1.29, 1.82) is 0 Å². The van der Waals surface area contributed by atoms with Crippen LogP contribution in [-0.2, 0) is 16.0 Å². The quantitative estimate of drug-likeness (QED) is 0.471. The van der Waals surface area contributed by atoms with Crippen molar-refractivity contribution in [3.8, 4) is 0 Å². The molecule has 0 saturated carbocycles. The molecule has 0 aromatic carbocycles. The van der Waals surface area contributed by atoms with Crippen LogP contribution in [0.5, 0.6) is 0 Å². The molecule has 0 aliphatic rings. The highest BCUT2D eigenvalue weighted by molar-refractivity contribution is 5.77. The van der Waals surface area contributed by atoms with Crippen molar-refractivity contribution in [2.75, 3.05) is 6.54 Å². The van der Waals surface area contributed by atoms with Gasteiger partial charge < -0.3 is 15.4 Å². The van der Waals surface area contributed by atoms with Gasteiger partial charge in [-0.05, 0) is 12.8 Å². The van der Waals surface area contributed by atoms with Gasteiger partial charge in [0.25, 0.3) is 5.56 Å². The van der Waals surface area contributed by atoms with E-state index in [9.17, 15) is 19.2 Å². The molecule has 110 valence electrons. The number of carbonyl (C=O) groups is 2. The van der Waals surface area contributed by atoms with Gasteiger partial charge in [-0.3, -0.25) is 19.4 Å². The Morgan fingerprint density at radius 1 is 1.15 bits per heavy atom. The molecule has 0 aliphatic heterocycles. The Bertz CT molecular complexity index is 547. The van der Waals surface area contributed by atoms with E-state index in [0.717, 1.165) is 6.07 Å². The van der Waals surface area contributed by atoms with Crippen molar-refractivity contribution in [2.45, 2.75) is 32.1 Å². The van der Waals surface area contributed by atoms with E-state index in [-0.39, 0.29) is 24.4 Å². The Balaban J connectivity index is 2.25. The number of H-pyrrole nitrogens is 2. The Hall–Kier alpha value is -2.38. The number of carbonyl (C=O) groups excluding carboxylic acids is 1. The molecule has 0 radical (unpaired) electrons. The molecule has 0 saturated heterocycles. The lowest BCUT2D eigenvalue weighted by Crippen LogP contribution is -2.29. The van der Waals surface area contributed by atoms with Crippen LogP contribution in [0.25, 0.3) is 0 Å². The molecule has 1 amide bonds. The van der Waals surface area contributed by atoms with Gasteiger partial charge in [0.1, 0.15) is 0 Å². The highest BCUT2D eigenvalue weighted by Gasteiger charge is 2.05. The van der Waals surface area contributed by atoms with Crippen LogP contribution in [0, 0.1) is 0 Å². The lowest BCUT2D eigenvalue weighted by molar-refractivity contribution is -0.137. The molecule has 1 aromatic rings. The number of unbranched alkanes of at least 4 members (excludes halogenated alkanes) is 2. The third-order valence-corrected chi connectivity index (χ3v) is 2.56. The van der Waals surface area contributed by atoms with Gasteiger partial charge in [0, 0.05) is 24.7 Å². The second kappa shape index (κ2) is 7.93. The van der Waals surface area contributed by atoms with E-state index < -0.39 is 17.2 Å². The van der Waals surface area contributed by atoms with Gasteiger partial charge in [-0.25, -0.2) is 4.79 Å². The van der Waals surface area contributed by atoms with Crippen LogP contribution in [0.15, 0.2) is 15.7 Å². The number of carboxylic acids is 1. The fraction of sp³-hybridized carbons (Fsp3) is 0.500. The summed E-state index contributed by atoms with van der Waals surface area (Å²) >= 11 is 0. The summed E-state index contributed by atoms with van der Waals surface area (Å²) in [5, 5.41) is 11.1. The third kappa shape index (κ3) is 6.53. The molecule has 0 unspecified atom stereocenters. The van der Waals surface area contributed by atoms with Gasteiger partial charge in [-0.15, -0.1) is 0 Å². The zero-order chi connectivity index (χ0) is 15.0. The average molecular weight is 283 g/mol. The molecule has 4 N–H and O–H groups in total. The van der Waals surface area contributed by atoms with Crippen LogP contribution in [0.2, 0.25) is 0 Å². The number of aromatic nitrogens is 2. The van der Waals surface area contributed by atoms with E-state index in [1.165, 1.54) is 0 Å². The van der Waals surface area contributed by atoms with Gasteiger partial charge in [0.05, 0.1) is 6.42 Å². The van der Waals surface area contributed by atoms with E-state index in [2.05, 4.69) is 10.3 Å². The number of hydrogen-bond donors (Lipinski definition) is 4. The van der Waals surface area contributed by atoms with Crippen LogP contribution in [0.4, 0.5) is 0 Å². The van der Waals surface area contributed by atoms with Crippen LogP contribution in [0.3, 0.4) is 0 Å². The molecule has 1 aromatic heterocycles. The number of carboxylic acid groups (broad SMARTS) is 1. The summed E-state index contributed by atoms with van der Waals surface area (Å²) in [4.78, 5) is 48.2. The van der Waals surface area contributed by atoms with Crippen molar-refractivity contribution in [2.24, 2.45) is 0 Å². The van der Waals surface area contributed by atoms with E-state index in [1.54, 1.807) is 0 Å². The number of aliphatic carboxylic acids is 1. The molecular formula is C12H17N3O5. The zero-order valence-electron chi connectivity index (χ0n) is 10.9. The first-order valence-electron chi connectivity index (χ1n) is 6.28. The van der Waals surface area contributed by atoms with E-state index >= 15 is 0 Å². The third-order valence-electron chi connectivity index (χ3n) is 2.56. The van der Waals surface area contributed by atoms with E-state index in [1.807, 2.05) is 4.98 Å². The molecule has 0 fully saturated rings. The smallest absolute Gasteiger partial charge is 0.325 e. The molecule has 0 spiro atoms. The molecule has 0 aliphatic carbocycles. The van der Waals surface area contributed by atoms with Crippen LogP contribution < -0.4 is 16.6 Å². The molecule has 0 atom stereocenters. The maximum absolute atomic E-state index is 11.5. The number of aromatic amines is 2. The number of nitrogens with one attached hydrogen (secondary N) is 3. The fourth-order valence-corrected chi connectivity index (χ4v) is 1.66. The number of rotatable bonds is 8. The highest BCUT2D eigenvalue weighted by atomic mass is 16.4. The Kier molecular flexibility index (Phi) is 6.21. The van der Waals surface area contributed by atoms with Gasteiger partial charge in [-0.1, -0.05) is 6.42 Å².